The summed E-state index contributed by atoms with van der Waals surface area (Å²) >= 11 is 9.99. The van der Waals surface area contributed by atoms with Crippen molar-refractivity contribution in [1.82, 2.24) is 5.32 Å². The third kappa shape index (κ3) is 3.66. The molecule has 0 aliphatic heterocycles. The van der Waals surface area contributed by atoms with Crippen LogP contribution in [-0.4, -0.2) is 11.9 Å². The van der Waals surface area contributed by atoms with Crippen LogP contribution >= 0.6 is 54.5 Å². The van der Waals surface area contributed by atoms with Gasteiger partial charge in [-0.15, -0.1) is 22.7 Å². The van der Waals surface area contributed by atoms with Crippen molar-refractivity contribution >= 4 is 60.4 Å². The van der Waals surface area contributed by atoms with Gasteiger partial charge in [-0.3, -0.25) is 4.79 Å². The second-order valence-corrected chi connectivity index (χ2v) is 8.68. The molecule has 1 unspecified atom stereocenters. The molecule has 0 aromatic carbocycles. The quantitative estimate of drug-likeness (QED) is 0.780. The van der Waals surface area contributed by atoms with Crippen LogP contribution in [-0.2, 0) is 6.42 Å². The first-order valence-corrected chi connectivity index (χ1v) is 8.62. The predicted octanol–water partition coefficient (Wildman–Crippen LogP) is 4.70. The molecule has 1 atom stereocenters. The summed E-state index contributed by atoms with van der Waals surface area (Å²) in [6.07, 6.45) is 0.867. The van der Waals surface area contributed by atoms with Crippen LogP contribution in [0.25, 0.3) is 0 Å². The van der Waals surface area contributed by atoms with E-state index in [4.69, 9.17) is 0 Å². The smallest absolute Gasteiger partial charge is 0.253 e. The summed E-state index contributed by atoms with van der Waals surface area (Å²) in [4.78, 5) is 13.4. The van der Waals surface area contributed by atoms with Crippen molar-refractivity contribution in [3.63, 3.8) is 0 Å². The number of carbonyl (C=O) groups is 1. The van der Waals surface area contributed by atoms with Crippen molar-refractivity contribution in [3.8, 4) is 0 Å². The van der Waals surface area contributed by atoms with E-state index < -0.39 is 0 Å². The summed E-state index contributed by atoms with van der Waals surface area (Å²) in [5.41, 5.74) is 0.685. The van der Waals surface area contributed by atoms with Crippen LogP contribution in [0.1, 0.15) is 22.2 Å². The molecule has 96 valence electrons. The molecule has 2 aromatic heterocycles. The van der Waals surface area contributed by atoms with Gasteiger partial charge in [0.25, 0.3) is 5.91 Å². The summed E-state index contributed by atoms with van der Waals surface area (Å²) in [6, 6.07) is 6.08. The van der Waals surface area contributed by atoms with Crippen LogP contribution in [0.15, 0.2) is 31.2 Å². The van der Waals surface area contributed by atoms with Crippen molar-refractivity contribution in [2.24, 2.45) is 0 Å². The number of carbonyl (C=O) groups excluding carboxylic acids is 1. The fourth-order valence-electron chi connectivity index (χ4n) is 1.58. The number of nitrogens with one attached hydrogen (secondary N) is 1. The lowest BCUT2D eigenvalue weighted by atomic mass is 10.2. The van der Waals surface area contributed by atoms with E-state index in [1.165, 1.54) is 16.2 Å². The van der Waals surface area contributed by atoms with E-state index in [2.05, 4.69) is 48.6 Å². The number of hydrogen-bond acceptors (Lipinski definition) is 3. The van der Waals surface area contributed by atoms with Gasteiger partial charge in [-0.2, -0.15) is 0 Å². The van der Waals surface area contributed by atoms with E-state index in [0.717, 1.165) is 14.0 Å². The van der Waals surface area contributed by atoms with Crippen molar-refractivity contribution in [3.05, 3.63) is 41.6 Å². The molecule has 0 aliphatic rings. The average molecular weight is 409 g/mol. The molecule has 0 spiro atoms. The summed E-state index contributed by atoms with van der Waals surface area (Å²) < 4.78 is 1.81. The minimum absolute atomic E-state index is 0.0344. The number of rotatable bonds is 4. The lowest BCUT2D eigenvalue weighted by Gasteiger charge is -2.12. The van der Waals surface area contributed by atoms with Gasteiger partial charge < -0.3 is 5.32 Å². The summed E-state index contributed by atoms with van der Waals surface area (Å²) in [6.45, 7) is 2.02. The maximum absolute atomic E-state index is 12.1. The van der Waals surface area contributed by atoms with Crippen molar-refractivity contribution in [1.29, 1.82) is 0 Å². The van der Waals surface area contributed by atoms with E-state index in [1.54, 1.807) is 11.3 Å². The highest BCUT2D eigenvalue weighted by Gasteiger charge is 2.16. The van der Waals surface area contributed by atoms with Gasteiger partial charge in [0.05, 0.1) is 13.1 Å². The van der Waals surface area contributed by atoms with Crippen molar-refractivity contribution in [2.45, 2.75) is 19.4 Å². The molecular weight excluding hydrogens is 398 g/mol. The van der Waals surface area contributed by atoms with E-state index >= 15 is 0 Å². The topological polar surface area (TPSA) is 29.1 Å². The molecule has 6 heteroatoms. The molecule has 0 radical (unpaired) electrons. The monoisotopic (exact) mass is 407 g/mol. The fourth-order valence-corrected chi connectivity index (χ4v) is 5.21. The summed E-state index contributed by atoms with van der Waals surface area (Å²) in [5.74, 6) is -0.0344. The minimum Gasteiger partial charge on any atom is -0.349 e. The molecule has 0 saturated carbocycles. The lowest BCUT2D eigenvalue weighted by Crippen LogP contribution is -2.33. The third-order valence-corrected chi connectivity index (χ3v) is 5.60. The summed E-state index contributed by atoms with van der Waals surface area (Å²) in [7, 11) is 0. The molecule has 0 saturated heterocycles. The van der Waals surface area contributed by atoms with Crippen LogP contribution in [0.3, 0.4) is 0 Å². The highest BCUT2D eigenvalue weighted by Crippen LogP contribution is 2.31. The Balaban J connectivity index is 1.97. The number of thiophene rings is 2. The SMILES string of the molecule is CC(Cc1cccs1)NC(=O)c1cc(Br)sc1Br. The number of halogens is 2. The number of hydrogen-bond donors (Lipinski definition) is 1. The van der Waals surface area contributed by atoms with Gasteiger partial charge in [-0.1, -0.05) is 6.07 Å². The first kappa shape index (κ1) is 14.2. The molecule has 2 rings (SSSR count). The Kier molecular flexibility index (Phi) is 5.00. The van der Waals surface area contributed by atoms with Crippen LogP contribution < -0.4 is 5.32 Å². The van der Waals surface area contributed by atoms with Crippen LogP contribution in [0, 0.1) is 0 Å². The van der Waals surface area contributed by atoms with Gasteiger partial charge >= 0.3 is 0 Å². The minimum atomic E-state index is -0.0344. The Morgan fingerprint density at radius 1 is 1.50 bits per heavy atom. The van der Waals surface area contributed by atoms with E-state index in [9.17, 15) is 4.79 Å². The van der Waals surface area contributed by atoms with Crippen LogP contribution in [0.4, 0.5) is 0 Å². The zero-order valence-corrected chi connectivity index (χ0v) is 14.4. The molecule has 0 fully saturated rings. The Morgan fingerprint density at radius 3 is 2.83 bits per heavy atom. The maximum Gasteiger partial charge on any atom is 0.253 e. The van der Waals surface area contributed by atoms with Gasteiger partial charge in [0.2, 0.25) is 0 Å². The van der Waals surface area contributed by atoms with E-state index in [0.29, 0.717) is 5.56 Å². The van der Waals surface area contributed by atoms with Crippen LogP contribution in [0.2, 0.25) is 0 Å². The molecule has 2 heterocycles. The molecule has 2 nitrogen and oxygen atoms in total. The van der Waals surface area contributed by atoms with Crippen molar-refractivity contribution < 1.29 is 4.79 Å². The molecule has 0 aliphatic carbocycles. The first-order chi connectivity index (χ1) is 8.56. The molecule has 2 aromatic rings. The Labute approximate surface area is 131 Å². The highest BCUT2D eigenvalue weighted by atomic mass is 79.9. The zero-order valence-electron chi connectivity index (χ0n) is 9.57. The summed E-state index contributed by atoms with van der Waals surface area (Å²) in [5, 5.41) is 5.06. The van der Waals surface area contributed by atoms with Gasteiger partial charge in [0, 0.05) is 17.3 Å². The van der Waals surface area contributed by atoms with Crippen molar-refractivity contribution in [2.75, 3.05) is 0 Å². The maximum atomic E-state index is 12.1. The molecular formula is C12H11Br2NOS2. The second-order valence-electron chi connectivity index (χ2n) is 3.90. The van der Waals surface area contributed by atoms with Gasteiger partial charge in [-0.05, 0) is 56.3 Å². The zero-order chi connectivity index (χ0) is 13.1. The van der Waals surface area contributed by atoms with Gasteiger partial charge in [-0.25, -0.2) is 0 Å². The normalized spacial score (nSPS) is 12.4. The Hall–Kier alpha value is -0.170. The molecule has 18 heavy (non-hydrogen) atoms. The van der Waals surface area contributed by atoms with E-state index in [1.807, 2.05) is 19.1 Å². The predicted molar refractivity (Wildman–Crippen MR) is 84.7 cm³/mol. The first-order valence-electron chi connectivity index (χ1n) is 5.34. The number of amides is 1. The Bertz CT molecular complexity index is 536. The molecule has 1 amide bonds. The van der Waals surface area contributed by atoms with Gasteiger partial charge in [0.15, 0.2) is 0 Å². The second kappa shape index (κ2) is 6.32. The van der Waals surface area contributed by atoms with Gasteiger partial charge in [0.1, 0.15) is 0 Å². The van der Waals surface area contributed by atoms with Crippen LogP contribution in [0.5, 0.6) is 0 Å². The lowest BCUT2D eigenvalue weighted by molar-refractivity contribution is 0.0940. The fraction of sp³-hybridized carbons (Fsp3) is 0.250. The standard InChI is InChI=1S/C12H11Br2NOS2/c1-7(5-8-3-2-4-17-8)15-12(16)9-6-10(13)18-11(9)14/h2-4,6-7H,5H2,1H3,(H,15,16). The largest absolute Gasteiger partial charge is 0.349 e. The Morgan fingerprint density at radius 2 is 2.28 bits per heavy atom. The molecule has 1 N–H and O–H groups in total. The molecule has 0 bridgehead atoms. The highest BCUT2D eigenvalue weighted by molar-refractivity contribution is 9.12. The van der Waals surface area contributed by atoms with E-state index in [-0.39, 0.29) is 11.9 Å². The average Bonchev–Trinajstić information content (AvgIpc) is 2.88. The third-order valence-electron chi connectivity index (χ3n) is 2.37.